The number of hydrogen-bond acceptors (Lipinski definition) is 3. The first-order valence-corrected chi connectivity index (χ1v) is 7.80. The van der Waals surface area contributed by atoms with E-state index in [0.29, 0.717) is 17.9 Å². The maximum Gasteiger partial charge on any atom is 0.174 e. The van der Waals surface area contributed by atoms with Crippen LogP contribution in [0.3, 0.4) is 0 Å². The normalized spacial score (nSPS) is 34.7. The van der Waals surface area contributed by atoms with Gasteiger partial charge in [-0.1, -0.05) is 30.3 Å². The molecule has 3 atom stereocenters. The van der Waals surface area contributed by atoms with E-state index >= 15 is 0 Å². The fourth-order valence-electron chi connectivity index (χ4n) is 4.27. The van der Waals surface area contributed by atoms with Gasteiger partial charge in [0.25, 0.3) is 0 Å². The van der Waals surface area contributed by atoms with Crippen molar-refractivity contribution in [2.24, 2.45) is 11.8 Å². The van der Waals surface area contributed by atoms with Crippen molar-refractivity contribution in [2.75, 3.05) is 13.2 Å². The van der Waals surface area contributed by atoms with E-state index < -0.39 is 0 Å². The summed E-state index contributed by atoms with van der Waals surface area (Å²) in [6.07, 6.45) is 5.00. The van der Waals surface area contributed by atoms with Crippen LogP contribution in [0, 0.1) is 11.8 Å². The Hall–Kier alpha value is -0.900. The molecule has 0 radical (unpaired) electrons. The van der Waals surface area contributed by atoms with Crippen molar-refractivity contribution >= 4 is 0 Å². The van der Waals surface area contributed by atoms with Crippen LogP contribution in [0.15, 0.2) is 30.3 Å². The molecule has 3 fully saturated rings. The van der Waals surface area contributed by atoms with E-state index in [1.807, 2.05) is 6.07 Å². The van der Waals surface area contributed by atoms with E-state index in [1.165, 1.54) is 18.4 Å². The summed E-state index contributed by atoms with van der Waals surface area (Å²) < 4.78 is 18.1. The minimum Gasteiger partial charge on any atom is -0.374 e. The number of hydrogen-bond donors (Lipinski definition) is 0. The van der Waals surface area contributed by atoms with Gasteiger partial charge in [0, 0.05) is 11.8 Å². The standard InChI is InChI=1S/C17H22O3/c1-2-4-13(5-3-1)12-18-16-10-14-6-7-15(11-16)17(14)19-8-9-20-17/h1-5,14-16H,6-12H2/t14-,15+,16?. The monoisotopic (exact) mass is 274 g/mol. The predicted octanol–water partition coefficient (Wildman–Crippen LogP) is 3.13. The molecule has 0 aromatic heterocycles. The Bertz CT molecular complexity index is 437. The molecule has 2 aliphatic carbocycles. The summed E-state index contributed by atoms with van der Waals surface area (Å²) in [5.41, 5.74) is 1.26. The summed E-state index contributed by atoms with van der Waals surface area (Å²) >= 11 is 0. The molecule has 1 aromatic rings. The predicted molar refractivity (Wildman–Crippen MR) is 75.1 cm³/mol. The second-order valence-corrected chi connectivity index (χ2v) is 6.28. The number of rotatable bonds is 3. The Balaban J connectivity index is 1.39. The van der Waals surface area contributed by atoms with Crippen molar-refractivity contribution in [2.45, 2.75) is 44.2 Å². The third-order valence-corrected chi connectivity index (χ3v) is 5.16. The lowest BCUT2D eigenvalue weighted by molar-refractivity contribution is -0.238. The molecule has 2 saturated carbocycles. The van der Waals surface area contributed by atoms with Crippen LogP contribution in [0.5, 0.6) is 0 Å². The second kappa shape index (κ2) is 5.14. The highest BCUT2D eigenvalue weighted by atomic mass is 16.7. The first-order valence-electron chi connectivity index (χ1n) is 7.80. The molecule has 1 heterocycles. The second-order valence-electron chi connectivity index (χ2n) is 6.28. The molecule has 108 valence electrons. The van der Waals surface area contributed by atoms with Gasteiger partial charge in [0.2, 0.25) is 0 Å². The molecule has 1 spiro atoms. The minimum atomic E-state index is -0.243. The third kappa shape index (κ3) is 2.09. The average Bonchev–Trinajstić information content (AvgIpc) is 3.02. The summed E-state index contributed by atoms with van der Waals surface area (Å²) in [6.45, 7) is 2.25. The lowest BCUT2D eigenvalue weighted by atomic mass is 9.81. The largest absolute Gasteiger partial charge is 0.374 e. The van der Waals surface area contributed by atoms with E-state index in [9.17, 15) is 0 Å². The van der Waals surface area contributed by atoms with Gasteiger partial charge in [-0.25, -0.2) is 0 Å². The van der Waals surface area contributed by atoms with Crippen LogP contribution < -0.4 is 0 Å². The third-order valence-electron chi connectivity index (χ3n) is 5.16. The fourth-order valence-corrected chi connectivity index (χ4v) is 4.27. The van der Waals surface area contributed by atoms with Crippen molar-refractivity contribution in [1.82, 2.24) is 0 Å². The van der Waals surface area contributed by atoms with Gasteiger partial charge in [0.05, 0.1) is 25.9 Å². The van der Waals surface area contributed by atoms with Crippen molar-refractivity contribution < 1.29 is 14.2 Å². The van der Waals surface area contributed by atoms with E-state index in [1.54, 1.807) is 0 Å². The van der Waals surface area contributed by atoms with Gasteiger partial charge < -0.3 is 14.2 Å². The molecule has 4 rings (SSSR count). The zero-order valence-corrected chi connectivity index (χ0v) is 11.8. The van der Waals surface area contributed by atoms with Gasteiger partial charge in [-0.15, -0.1) is 0 Å². The van der Waals surface area contributed by atoms with Crippen molar-refractivity contribution in [3.63, 3.8) is 0 Å². The summed E-state index contributed by atoms with van der Waals surface area (Å²) in [5.74, 6) is 0.820. The van der Waals surface area contributed by atoms with Gasteiger partial charge in [-0.2, -0.15) is 0 Å². The van der Waals surface area contributed by atoms with Gasteiger partial charge in [0.15, 0.2) is 5.79 Å². The summed E-state index contributed by atoms with van der Waals surface area (Å²) in [4.78, 5) is 0. The SMILES string of the molecule is c1ccc(COC2C[C@H]3CC[C@@H](C2)C32OCCO2)cc1. The Labute approximate surface area is 120 Å². The molecule has 3 aliphatic rings. The maximum absolute atomic E-state index is 6.14. The fraction of sp³-hybridized carbons (Fsp3) is 0.647. The highest BCUT2D eigenvalue weighted by molar-refractivity contribution is 5.13. The average molecular weight is 274 g/mol. The summed E-state index contributed by atoms with van der Waals surface area (Å²) in [5, 5.41) is 0. The molecule has 1 aromatic carbocycles. The van der Waals surface area contributed by atoms with Crippen molar-refractivity contribution in [3.05, 3.63) is 35.9 Å². The lowest BCUT2D eigenvalue weighted by Gasteiger charge is -2.41. The quantitative estimate of drug-likeness (QED) is 0.847. The number of ether oxygens (including phenoxy) is 3. The van der Waals surface area contributed by atoms with Crippen LogP contribution in [0.25, 0.3) is 0 Å². The molecule has 1 saturated heterocycles. The number of benzene rings is 1. The lowest BCUT2D eigenvalue weighted by Crippen LogP contribution is -2.47. The minimum absolute atomic E-state index is 0.243. The first kappa shape index (κ1) is 12.8. The van der Waals surface area contributed by atoms with Crippen LogP contribution in [0.4, 0.5) is 0 Å². The van der Waals surface area contributed by atoms with Gasteiger partial charge in [-0.3, -0.25) is 0 Å². The summed E-state index contributed by atoms with van der Waals surface area (Å²) in [7, 11) is 0. The highest BCUT2D eigenvalue weighted by Crippen LogP contribution is 2.54. The van der Waals surface area contributed by atoms with Crippen molar-refractivity contribution in [3.8, 4) is 0 Å². The molecule has 3 nitrogen and oxygen atoms in total. The molecular weight excluding hydrogens is 252 g/mol. The Morgan fingerprint density at radius 1 is 1.00 bits per heavy atom. The van der Waals surface area contributed by atoms with E-state index in [2.05, 4.69) is 24.3 Å². The van der Waals surface area contributed by atoms with Crippen LogP contribution in [-0.2, 0) is 20.8 Å². The van der Waals surface area contributed by atoms with Crippen LogP contribution in [-0.4, -0.2) is 25.1 Å². The Morgan fingerprint density at radius 2 is 1.65 bits per heavy atom. The zero-order chi connectivity index (χ0) is 13.4. The molecule has 0 N–H and O–H groups in total. The molecule has 20 heavy (non-hydrogen) atoms. The van der Waals surface area contributed by atoms with E-state index in [0.717, 1.165) is 32.7 Å². The van der Waals surface area contributed by atoms with Crippen LogP contribution in [0.2, 0.25) is 0 Å². The van der Waals surface area contributed by atoms with Crippen LogP contribution >= 0.6 is 0 Å². The Kier molecular flexibility index (Phi) is 3.29. The molecule has 2 bridgehead atoms. The Morgan fingerprint density at radius 3 is 2.30 bits per heavy atom. The van der Waals surface area contributed by atoms with Gasteiger partial charge >= 0.3 is 0 Å². The first-order chi connectivity index (χ1) is 9.87. The highest BCUT2D eigenvalue weighted by Gasteiger charge is 2.58. The topological polar surface area (TPSA) is 27.7 Å². The smallest absolute Gasteiger partial charge is 0.174 e. The van der Waals surface area contributed by atoms with E-state index in [-0.39, 0.29) is 5.79 Å². The van der Waals surface area contributed by atoms with Gasteiger partial charge in [0.1, 0.15) is 0 Å². The van der Waals surface area contributed by atoms with Crippen molar-refractivity contribution in [1.29, 1.82) is 0 Å². The molecule has 1 unspecified atom stereocenters. The molecule has 0 amide bonds. The van der Waals surface area contributed by atoms with Gasteiger partial charge in [-0.05, 0) is 31.2 Å². The molecule has 3 heteroatoms. The molecular formula is C17H22O3. The summed E-state index contributed by atoms with van der Waals surface area (Å²) in [6, 6.07) is 10.4. The molecule has 1 aliphatic heterocycles. The maximum atomic E-state index is 6.14. The van der Waals surface area contributed by atoms with E-state index in [4.69, 9.17) is 14.2 Å². The van der Waals surface area contributed by atoms with Crippen LogP contribution in [0.1, 0.15) is 31.2 Å². The zero-order valence-electron chi connectivity index (χ0n) is 11.8.